The molecular weight excluding hydrogens is 348 g/mol. The predicted octanol–water partition coefficient (Wildman–Crippen LogP) is 4.41. The van der Waals surface area contributed by atoms with Gasteiger partial charge in [-0.1, -0.05) is 44.1 Å². The molecule has 3 fully saturated rings. The Bertz CT molecular complexity index is 682. The van der Waals surface area contributed by atoms with E-state index in [2.05, 4.69) is 38.5 Å². The van der Waals surface area contributed by atoms with Crippen molar-refractivity contribution in [3.8, 4) is 12.3 Å². The summed E-state index contributed by atoms with van der Waals surface area (Å²) in [6.45, 7) is 9.97. The number of terminal acetylenes is 1. The lowest BCUT2D eigenvalue weighted by atomic mass is 9.61. The molecule has 0 saturated heterocycles. The fourth-order valence-electron chi connectivity index (χ4n) is 6.10. The number of hydrogen-bond donors (Lipinski definition) is 2. The van der Waals surface area contributed by atoms with Crippen molar-refractivity contribution in [2.24, 2.45) is 23.2 Å². The number of fused-ring (bicyclic) bond motifs is 1. The summed E-state index contributed by atoms with van der Waals surface area (Å²) < 4.78 is 5.65. The van der Waals surface area contributed by atoms with Gasteiger partial charge >= 0.3 is 0 Å². The lowest BCUT2D eigenvalue weighted by Gasteiger charge is -2.44. The quantitative estimate of drug-likeness (QED) is 0.545. The van der Waals surface area contributed by atoms with Crippen LogP contribution in [0.4, 0.5) is 0 Å². The number of aliphatic hydroxyl groups excluding tert-OH is 2. The number of rotatable bonds is 5. The first-order valence-electron chi connectivity index (χ1n) is 10.8. The molecule has 0 aliphatic heterocycles. The van der Waals surface area contributed by atoms with E-state index in [9.17, 15) is 10.2 Å². The Morgan fingerprint density at radius 1 is 1.36 bits per heavy atom. The van der Waals surface area contributed by atoms with Crippen molar-refractivity contribution in [3.05, 3.63) is 35.5 Å². The molecule has 3 aliphatic carbocycles. The van der Waals surface area contributed by atoms with E-state index < -0.39 is 12.2 Å². The van der Waals surface area contributed by atoms with Crippen LogP contribution in [0.25, 0.3) is 0 Å². The zero-order valence-corrected chi connectivity index (χ0v) is 17.5. The van der Waals surface area contributed by atoms with Gasteiger partial charge in [-0.25, -0.2) is 0 Å². The van der Waals surface area contributed by atoms with Gasteiger partial charge in [0.2, 0.25) is 0 Å². The standard InChI is InChI=1S/C25H36O3/c1-5-13-28-16-17(2)22-10-11-23-19(7-6-12-25(22,23)4)8-9-20-14-21(26)15-24(27)18(20)3/h1,8-9,17,21-24,26-27H,3,6-7,10-16H2,2,4H3/b19-8+,20-9-/t17-,21-,22-,23+,24+,25-/m1/s1. The second-order valence-corrected chi connectivity index (χ2v) is 9.36. The molecule has 3 saturated carbocycles. The Balaban J connectivity index is 1.75. The van der Waals surface area contributed by atoms with Crippen LogP contribution in [0.5, 0.6) is 0 Å². The summed E-state index contributed by atoms with van der Waals surface area (Å²) in [6.07, 6.45) is 15.7. The first kappa shape index (κ1) is 21.4. The van der Waals surface area contributed by atoms with Gasteiger partial charge in [0.15, 0.2) is 0 Å². The van der Waals surface area contributed by atoms with Crippen molar-refractivity contribution < 1.29 is 14.9 Å². The SMILES string of the molecule is C#CCOC[C@@H](C)[C@H]1CC[C@H]2/C(=C/C=C3/C[C@@H](O)C[C@H](O)C3=C)CCC[C@]12C. The molecule has 3 nitrogen and oxygen atoms in total. The van der Waals surface area contributed by atoms with E-state index in [1.165, 1.54) is 31.3 Å². The smallest absolute Gasteiger partial charge is 0.107 e. The van der Waals surface area contributed by atoms with E-state index in [0.717, 1.165) is 24.2 Å². The van der Waals surface area contributed by atoms with Crippen LogP contribution in [-0.2, 0) is 4.74 Å². The maximum atomic E-state index is 10.1. The topological polar surface area (TPSA) is 49.7 Å². The second kappa shape index (κ2) is 8.99. The number of allylic oxidation sites excluding steroid dienone is 3. The Kier molecular flexibility index (Phi) is 6.86. The molecule has 6 atom stereocenters. The molecule has 2 N–H and O–H groups in total. The molecule has 0 unspecified atom stereocenters. The molecule has 0 aromatic carbocycles. The van der Waals surface area contributed by atoms with Gasteiger partial charge in [0, 0.05) is 6.42 Å². The minimum Gasteiger partial charge on any atom is -0.393 e. The lowest BCUT2D eigenvalue weighted by molar-refractivity contribution is 0.0444. The van der Waals surface area contributed by atoms with E-state index >= 15 is 0 Å². The summed E-state index contributed by atoms with van der Waals surface area (Å²) >= 11 is 0. The van der Waals surface area contributed by atoms with Crippen molar-refractivity contribution in [1.29, 1.82) is 0 Å². The molecule has 0 spiro atoms. The van der Waals surface area contributed by atoms with Crippen LogP contribution in [0.1, 0.15) is 58.8 Å². The summed E-state index contributed by atoms with van der Waals surface area (Å²) in [5.41, 5.74) is 3.62. The zero-order valence-electron chi connectivity index (χ0n) is 17.5. The molecule has 0 aromatic rings. The monoisotopic (exact) mass is 384 g/mol. The van der Waals surface area contributed by atoms with Crippen LogP contribution >= 0.6 is 0 Å². The number of aliphatic hydroxyl groups is 2. The molecule has 0 amide bonds. The fourth-order valence-corrected chi connectivity index (χ4v) is 6.10. The molecule has 0 aromatic heterocycles. The first-order valence-corrected chi connectivity index (χ1v) is 10.8. The van der Waals surface area contributed by atoms with Crippen LogP contribution in [0.3, 0.4) is 0 Å². The van der Waals surface area contributed by atoms with Gasteiger partial charge in [0.1, 0.15) is 6.61 Å². The molecule has 0 bridgehead atoms. The van der Waals surface area contributed by atoms with Gasteiger partial charge in [0.25, 0.3) is 0 Å². The molecule has 28 heavy (non-hydrogen) atoms. The maximum Gasteiger partial charge on any atom is 0.107 e. The normalized spacial score (nSPS) is 39.8. The van der Waals surface area contributed by atoms with Gasteiger partial charge in [0.05, 0.1) is 18.8 Å². The summed E-state index contributed by atoms with van der Waals surface area (Å²) in [7, 11) is 0. The Labute approximate surface area is 170 Å². The Morgan fingerprint density at radius 2 is 2.14 bits per heavy atom. The van der Waals surface area contributed by atoms with Gasteiger partial charge in [-0.05, 0) is 72.8 Å². The van der Waals surface area contributed by atoms with Gasteiger partial charge in [-0.15, -0.1) is 6.42 Å². The van der Waals surface area contributed by atoms with E-state index in [-0.39, 0.29) is 0 Å². The van der Waals surface area contributed by atoms with Crippen molar-refractivity contribution in [2.45, 2.75) is 71.0 Å². The summed E-state index contributed by atoms with van der Waals surface area (Å²) in [5.74, 6) is 4.36. The fraction of sp³-hybridized carbons (Fsp3) is 0.680. The third-order valence-corrected chi connectivity index (χ3v) is 7.56. The second-order valence-electron chi connectivity index (χ2n) is 9.36. The molecular formula is C25H36O3. The Hall–Kier alpha value is -1.34. The van der Waals surface area contributed by atoms with Gasteiger partial charge < -0.3 is 14.9 Å². The highest BCUT2D eigenvalue weighted by Gasteiger charge is 2.50. The highest BCUT2D eigenvalue weighted by atomic mass is 16.5. The summed E-state index contributed by atoms with van der Waals surface area (Å²) in [6, 6.07) is 0. The van der Waals surface area contributed by atoms with Crippen molar-refractivity contribution in [2.75, 3.05) is 13.2 Å². The molecule has 3 heteroatoms. The zero-order chi connectivity index (χ0) is 20.3. The van der Waals surface area contributed by atoms with Crippen LogP contribution in [0.2, 0.25) is 0 Å². The molecule has 3 aliphatic rings. The number of ether oxygens (including phenoxy) is 1. The van der Waals surface area contributed by atoms with Crippen molar-refractivity contribution >= 4 is 0 Å². The van der Waals surface area contributed by atoms with Crippen molar-refractivity contribution in [3.63, 3.8) is 0 Å². The van der Waals surface area contributed by atoms with E-state index in [0.29, 0.717) is 42.6 Å². The number of hydrogen-bond acceptors (Lipinski definition) is 3. The first-order chi connectivity index (χ1) is 13.4. The van der Waals surface area contributed by atoms with E-state index in [1.807, 2.05) is 0 Å². The molecule has 0 heterocycles. The lowest BCUT2D eigenvalue weighted by Crippen LogP contribution is -2.37. The van der Waals surface area contributed by atoms with Crippen LogP contribution in [-0.4, -0.2) is 35.6 Å². The Morgan fingerprint density at radius 3 is 2.89 bits per heavy atom. The third-order valence-electron chi connectivity index (χ3n) is 7.56. The summed E-state index contributed by atoms with van der Waals surface area (Å²) in [5, 5.41) is 20.1. The highest BCUT2D eigenvalue weighted by molar-refractivity contribution is 5.38. The van der Waals surface area contributed by atoms with Crippen molar-refractivity contribution in [1.82, 2.24) is 0 Å². The van der Waals surface area contributed by atoms with E-state index in [1.54, 1.807) is 0 Å². The van der Waals surface area contributed by atoms with Crippen LogP contribution < -0.4 is 0 Å². The minimum atomic E-state index is -0.621. The van der Waals surface area contributed by atoms with Gasteiger partial charge in [-0.3, -0.25) is 0 Å². The van der Waals surface area contributed by atoms with E-state index in [4.69, 9.17) is 11.2 Å². The predicted molar refractivity (Wildman–Crippen MR) is 114 cm³/mol. The summed E-state index contributed by atoms with van der Waals surface area (Å²) in [4.78, 5) is 0. The maximum absolute atomic E-state index is 10.1. The molecule has 0 radical (unpaired) electrons. The largest absolute Gasteiger partial charge is 0.393 e. The van der Waals surface area contributed by atoms with Gasteiger partial charge in [-0.2, -0.15) is 0 Å². The third kappa shape index (κ3) is 4.30. The average Bonchev–Trinajstić information content (AvgIpc) is 3.01. The van der Waals surface area contributed by atoms with Crippen LogP contribution in [0, 0.1) is 35.5 Å². The average molecular weight is 385 g/mol. The minimum absolute atomic E-state index is 0.324. The highest BCUT2D eigenvalue weighted by Crippen LogP contribution is 2.59. The molecule has 3 rings (SSSR count). The molecule has 154 valence electrons. The van der Waals surface area contributed by atoms with Crippen LogP contribution in [0.15, 0.2) is 35.5 Å².